The number of halogens is 1. The summed E-state index contributed by atoms with van der Waals surface area (Å²) in [6.07, 6.45) is -0.630. The quantitative estimate of drug-likeness (QED) is 0.809. The van der Waals surface area contributed by atoms with Crippen LogP contribution in [0.15, 0.2) is 22.7 Å². The molecule has 3 N–H and O–H groups in total. The molecule has 18 heavy (non-hydrogen) atoms. The summed E-state index contributed by atoms with van der Waals surface area (Å²) in [5.41, 5.74) is 6.79. The maximum absolute atomic E-state index is 9.64. The lowest BCUT2D eigenvalue weighted by molar-refractivity contribution is 0.0162. The van der Waals surface area contributed by atoms with Crippen LogP contribution in [0.25, 0.3) is 0 Å². The maximum atomic E-state index is 9.64. The number of nitrogens with two attached hydrogens (primary N) is 1. The lowest BCUT2D eigenvalue weighted by Gasteiger charge is -2.17. The minimum atomic E-state index is -0.630. The predicted octanol–water partition coefficient (Wildman–Crippen LogP) is 2.25. The van der Waals surface area contributed by atoms with Crippen molar-refractivity contribution in [2.45, 2.75) is 26.0 Å². The van der Waals surface area contributed by atoms with Crippen LogP contribution in [0.2, 0.25) is 0 Å². The Labute approximate surface area is 116 Å². The molecule has 0 amide bonds. The minimum Gasteiger partial charge on any atom is -0.490 e. The Morgan fingerprint density at radius 3 is 2.72 bits per heavy atom. The molecule has 0 aliphatic heterocycles. The highest BCUT2D eigenvalue weighted by molar-refractivity contribution is 9.10. The molecule has 0 heterocycles. The number of hydrogen-bond donors (Lipinski definition) is 2. The van der Waals surface area contributed by atoms with E-state index in [1.54, 1.807) is 0 Å². The number of benzene rings is 1. The molecular weight excluding hydrogens is 298 g/mol. The smallest absolute Gasteiger partial charge is 0.124 e. The summed E-state index contributed by atoms with van der Waals surface area (Å²) in [6, 6.07) is 5.53. The fourth-order valence-corrected chi connectivity index (χ4v) is 1.87. The van der Waals surface area contributed by atoms with Gasteiger partial charge in [0.1, 0.15) is 18.5 Å². The lowest BCUT2D eigenvalue weighted by atomic mass is 10.1. The number of hydrogen-bond acceptors (Lipinski definition) is 4. The van der Waals surface area contributed by atoms with Gasteiger partial charge in [-0.05, 0) is 32.0 Å². The molecule has 0 bridgehead atoms. The largest absolute Gasteiger partial charge is 0.490 e. The standard InChI is InChI=1S/C13H20BrNO3/c1-3-17-7-11(16)8-18-13-5-4-10(14)6-12(13)9(2)15/h4-6,9,11,16H,3,7-8,15H2,1-2H3. The first kappa shape index (κ1) is 15.4. The highest BCUT2D eigenvalue weighted by Crippen LogP contribution is 2.27. The fraction of sp³-hybridized carbons (Fsp3) is 0.538. The van der Waals surface area contributed by atoms with Gasteiger partial charge in [0.15, 0.2) is 0 Å². The van der Waals surface area contributed by atoms with E-state index in [0.717, 1.165) is 10.0 Å². The Kier molecular flexibility index (Phi) is 6.63. The van der Waals surface area contributed by atoms with Crippen LogP contribution in [0.3, 0.4) is 0 Å². The normalized spacial score (nSPS) is 14.3. The molecule has 2 unspecified atom stereocenters. The van der Waals surface area contributed by atoms with E-state index >= 15 is 0 Å². The Balaban J connectivity index is 2.61. The third kappa shape index (κ3) is 4.94. The fourth-order valence-electron chi connectivity index (χ4n) is 1.49. The van der Waals surface area contributed by atoms with Gasteiger partial charge in [-0.25, -0.2) is 0 Å². The molecule has 0 aliphatic carbocycles. The summed E-state index contributed by atoms with van der Waals surface area (Å²) in [5, 5.41) is 9.64. The van der Waals surface area contributed by atoms with Crippen molar-refractivity contribution < 1.29 is 14.6 Å². The molecule has 1 rings (SSSR count). The average Bonchev–Trinajstić information content (AvgIpc) is 2.34. The van der Waals surface area contributed by atoms with Crippen LogP contribution in [0.1, 0.15) is 25.5 Å². The molecule has 0 saturated heterocycles. The molecule has 1 aromatic carbocycles. The van der Waals surface area contributed by atoms with Crippen molar-refractivity contribution in [3.05, 3.63) is 28.2 Å². The Morgan fingerprint density at radius 1 is 1.39 bits per heavy atom. The zero-order valence-corrected chi connectivity index (χ0v) is 12.3. The van der Waals surface area contributed by atoms with Gasteiger partial charge < -0.3 is 20.3 Å². The van der Waals surface area contributed by atoms with Crippen molar-refractivity contribution in [3.8, 4) is 5.75 Å². The molecule has 2 atom stereocenters. The summed E-state index contributed by atoms with van der Waals surface area (Å²) >= 11 is 3.40. The van der Waals surface area contributed by atoms with Crippen LogP contribution >= 0.6 is 15.9 Å². The molecule has 0 radical (unpaired) electrons. The Bertz CT molecular complexity index is 371. The second-order valence-corrected chi connectivity index (χ2v) is 5.01. The van der Waals surface area contributed by atoms with Crippen molar-refractivity contribution in [3.63, 3.8) is 0 Å². The Morgan fingerprint density at radius 2 is 2.11 bits per heavy atom. The van der Waals surface area contributed by atoms with Gasteiger partial charge in [-0.3, -0.25) is 0 Å². The van der Waals surface area contributed by atoms with Crippen molar-refractivity contribution in [2.75, 3.05) is 19.8 Å². The van der Waals surface area contributed by atoms with Crippen LogP contribution in [-0.4, -0.2) is 31.0 Å². The van der Waals surface area contributed by atoms with Gasteiger partial charge in [0.25, 0.3) is 0 Å². The summed E-state index contributed by atoms with van der Waals surface area (Å²) in [7, 11) is 0. The molecule has 0 aromatic heterocycles. The molecule has 0 saturated carbocycles. The van der Waals surface area contributed by atoms with E-state index in [1.807, 2.05) is 32.0 Å². The van der Waals surface area contributed by atoms with Crippen molar-refractivity contribution in [1.82, 2.24) is 0 Å². The molecular formula is C13H20BrNO3. The predicted molar refractivity (Wildman–Crippen MR) is 74.7 cm³/mol. The number of aliphatic hydroxyl groups is 1. The summed E-state index contributed by atoms with van der Waals surface area (Å²) < 4.78 is 11.7. The zero-order chi connectivity index (χ0) is 13.5. The molecule has 4 nitrogen and oxygen atoms in total. The number of ether oxygens (including phenoxy) is 2. The lowest BCUT2D eigenvalue weighted by Crippen LogP contribution is -2.24. The highest BCUT2D eigenvalue weighted by atomic mass is 79.9. The van der Waals surface area contributed by atoms with Gasteiger partial charge in [0.2, 0.25) is 0 Å². The molecule has 102 valence electrons. The monoisotopic (exact) mass is 317 g/mol. The second-order valence-electron chi connectivity index (χ2n) is 4.10. The first-order chi connectivity index (χ1) is 8.54. The van der Waals surface area contributed by atoms with Crippen molar-refractivity contribution in [1.29, 1.82) is 0 Å². The van der Waals surface area contributed by atoms with E-state index in [4.69, 9.17) is 15.2 Å². The molecule has 0 fully saturated rings. The van der Waals surface area contributed by atoms with Crippen molar-refractivity contribution >= 4 is 15.9 Å². The molecule has 0 aliphatic rings. The van der Waals surface area contributed by atoms with Crippen LogP contribution in [-0.2, 0) is 4.74 Å². The van der Waals surface area contributed by atoms with E-state index in [0.29, 0.717) is 12.4 Å². The first-order valence-electron chi connectivity index (χ1n) is 5.98. The first-order valence-corrected chi connectivity index (χ1v) is 6.77. The minimum absolute atomic E-state index is 0.124. The third-order valence-electron chi connectivity index (χ3n) is 2.41. The number of aliphatic hydroxyl groups excluding tert-OH is 1. The molecule has 5 heteroatoms. The SMILES string of the molecule is CCOCC(O)COc1ccc(Br)cc1C(C)N. The van der Waals surface area contributed by atoms with Gasteiger partial charge in [-0.2, -0.15) is 0 Å². The topological polar surface area (TPSA) is 64.7 Å². The second kappa shape index (κ2) is 7.74. The average molecular weight is 318 g/mol. The van der Waals surface area contributed by atoms with Gasteiger partial charge in [-0.15, -0.1) is 0 Å². The van der Waals surface area contributed by atoms with Gasteiger partial charge in [0.05, 0.1) is 6.61 Å². The van der Waals surface area contributed by atoms with Gasteiger partial charge >= 0.3 is 0 Å². The van der Waals surface area contributed by atoms with Gasteiger partial charge in [0, 0.05) is 22.7 Å². The van der Waals surface area contributed by atoms with E-state index < -0.39 is 6.10 Å². The van der Waals surface area contributed by atoms with Crippen LogP contribution < -0.4 is 10.5 Å². The summed E-state index contributed by atoms with van der Waals surface area (Å²) in [5.74, 6) is 0.698. The van der Waals surface area contributed by atoms with Gasteiger partial charge in [-0.1, -0.05) is 15.9 Å². The Hall–Kier alpha value is -0.620. The van der Waals surface area contributed by atoms with Crippen LogP contribution in [0.4, 0.5) is 0 Å². The van der Waals surface area contributed by atoms with Crippen LogP contribution in [0.5, 0.6) is 5.75 Å². The number of rotatable bonds is 7. The highest BCUT2D eigenvalue weighted by Gasteiger charge is 2.11. The van der Waals surface area contributed by atoms with Crippen LogP contribution in [0, 0.1) is 0 Å². The van der Waals surface area contributed by atoms with Crippen molar-refractivity contribution in [2.24, 2.45) is 5.73 Å². The maximum Gasteiger partial charge on any atom is 0.124 e. The molecule has 1 aromatic rings. The summed E-state index contributed by atoms with van der Waals surface area (Å²) in [6.45, 7) is 4.84. The van der Waals surface area contributed by atoms with E-state index in [9.17, 15) is 5.11 Å². The van der Waals surface area contributed by atoms with E-state index in [-0.39, 0.29) is 19.3 Å². The third-order valence-corrected chi connectivity index (χ3v) is 2.90. The summed E-state index contributed by atoms with van der Waals surface area (Å²) in [4.78, 5) is 0. The van der Waals surface area contributed by atoms with E-state index in [1.165, 1.54) is 0 Å². The zero-order valence-electron chi connectivity index (χ0n) is 10.7. The van der Waals surface area contributed by atoms with E-state index in [2.05, 4.69) is 15.9 Å². The molecule has 0 spiro atoms.